The lowest BCUT2D eigenvalue weighted by atomic mass is 9.86. The predicted molar refractivity (Wildman–Crippen MR) is 113 cm³/mol. The first-order chi connectivity index (χ1) is 14.5. The van der Waals surface area contributed by atoms with Crippen LogP contribution in [0.5, 0.6) is 0 Å². The van der Waals surface area contributed by atoms with Crippen molar-refractivity contribution in [3.05, 3.63) is 77.4 Å². The molecule has 2 aromatic carbocycles. The third-order valence-electron chi connectivity index (χ3n) is 6.21. The third kappa shape index (κ3) is 2.56. The lowest BCUT2D eigenvalue weighted by Gasteiger charge is -2.30. The molecule has 5 rings (SSSR count). The van der Waals surface area contributed by atoms with E-state index in [0.29, 0.717) is 11.3 Å². The number of carbonyl (C=O) groups is 3. The van der Waals surface area contributed by atoms with E-state index < -0.39 is 23.9 Å². The molecule has 6 heteroatoms. The van der Waals surface area contributed by atoms with Gasteiger partial charge in [-0.1, -0.05) is 54.1 Å². The second kappa shape index (κ2) is 6.76. The Balaban J connectivity index is 1.60. The minimum absolute atomic E-state index is 0.191. The molecule has 0 bridgehead atoms. The average molecular weight is 399 g/mol. The first kappa shape index (κ1) is 18.5. The van der Waals surface area contributed by atoms with Crippen molar-refractivity contribution in [2.24, 2.45) is 16.9 Å². The van der Waals surface area contributed by atoms with Crippen LogP contribution in [0.3, 0.4) is 0 Å². The molecule has 2 saturated heterocycles. The fraction of sp³-hybridized carbons (Fsp3) is 0.250. The number of amides is 2. The molecule has 4 atom stereocenters. The number of hydrogen-bond donors (Lipinski definition) is 0. The van der Waals surface area contributed by atoms with Crippen LogP contribution in [0.25, 0.3) is 0 Å². The van der Waals surface area contributed by atoms with Crippen molar-refractivity contribution in [2.75, 3.05) is 4.90 Å². The SMILES string of the molecule is Cc1ccc(N2C(=O)C3C(C2=O)C(C(=O)c2ccccc2)N2N=CC=CC32)c(C)c1. The van der Waals surface area contributed by atoms with Crippen molar-refractivity contribution in [1.82, 2.24) is 5.01 Å². The van der Waals surface area contributed by atoms with Gasteiger partial charge in [-0.3, -0.25) is 19.4 Å². The normalized spacial score (nSPS) is 26.9. The molecule has 0 saturated carbocycles. The molecular weight excluding hydrogens is 378 g/mol. The highest BCUT2D eigenvalue weighted by Crippen LogP contribution is 2.46. The summed E-state index contributed by atoms with van der Waals surface area (Å²) < 4.78 is 0. The predicted octanol–water partition coefficient (Wildman–Crippen LogP) is 2.90. The number of nitrogens with zero attached hydrogens (tertiary/aromatic N) is 3. The molecule has 2 aromatic rings. The maximum atomic E-state index is 13.6. The molecule has 0 spiro atoms. The number of allylic oxidation sites excluding steroid dienone is 1. The molecule has 2 fully saturated rings. The van der Waals surface area contributed by atoms with E-state index in [4.69, 9.17) is 0 Å². The van der Waals surface area contributed by atoms with Gasteiger partial charge in [-0.15, -0.1) is 0 Å². The van der Waals surface area contributed by atoms with Crippen LogP contribution in [0, 0.1) is 25.7 Å². The van der Waals surface area contributed by atoms with Crippen LogP contribution in [-0.2, 0) is 9.59 Å². The van der Waals surface area contributed by atoms with Gasteiger partial charge < -0.3 is 0 Å². The summed E-state index contributed by atoms with van der Waals surface area (Å²) in [6.45, 7) is 3.86. The zero-order chi connectivity index (χ0) is 21.0. The van der Waals surface area contributed by atoms with Crippen LogP contribution in [0.1, 0.15) is 21.5 Å². The van der Waals surface area contributed by atoms with Gasteiger partial charge in [-0.25, -0.2) is 4.90 Å². The van der Waals surface area contributed by atoms with Gasteiger partial charge in [0.2, 0.25) is 11.8 Å². The number of benzene rings is 2. The number of ketones is 1. The molecule has 3 aliphatic heterocycles. The van der Waals surface area contributed by atoms with Crippen LogP contribution in [0.2, 0.25) is 0 Å². The van der Waals surface area contributed by atoms with Gasteiger partial charge in [0.1, 0.15) is 6.04 Å². The van der Waals surface area contributed by atoms with Gasteiger partial charge in [-0.05, 0) is 31.6 Å². The van der Waals surface area contributed by atoms with Crippen molar-refractivity contribution in [1.29, 1.82) is 0 Å². The lowest BCUT2D eigenvalue weighted by molar-refractivity contribution is -0.123. The highest BCUT2D eigenvalue weighted by molar-refractivity contribution is 6.25. The Labute approximate surface area is 174 Å². The van der Waals surface area contributed by atoms with Crippen molar-refractivity contribution < 1.29 is 14.4 Å². The van der Waals surface area contributed by atoms with Gasteiger partial charge in [-0.2, -0.15) is 5.10 Å². The van der Waals surface area contributed by atoms with E-state index in [-0.39, 0.29) is 17.6 Å². The van der Waals surface area contributed by atoms with E-state index in [1.54, 1.807) is 41.6 Å². The second-order valence-electron chi connectivity index (χ2n) is 8.05. The zero-order valence-corrected chi connectivity index (χ0v) is 16.7. The number of rotatable bonds is 3. The van der Waals surface area contributed by atoms with Crippen molar-refractivity contribution in [2.45, 2.75) is 25.9 Å². The average Bonchev–Trinajstić information content (AvgIpc) is 3.22. The number of imide groups is 1. The topological polar surface area (TPSA) is 70.1 Å². The molecule has 6 nitrogen and oxygen atoms in total. The highest BCUT2D eigenvalue weighted by atomic mass is 16.2. The summed E-state index contributed by atoms with van der Waals surface area (Å²) in [5, 5.41) is 6.01. The van der Waals surface area contributed by atoms with E-state index in [1.165, 1.54) is 4.90 Å². The summed E-state index contributed by atoms with van der Waals surface area (Å²) in [6.07, 6.45) is 5.23. The Morgan fingerprint density at radius 2 is 1.70 bits per heavy atom. The number of aryl methyl sites for hydroxylation is 2. The number of hydrogen-bond acceptors (Lipinski definition) is 5. The summed E-state index contributed by atoms with van der Waals surface area (Å²) in [6, 6.07) is 13.3. The minimum Gasteiger partial charge on any atom is -0.292 e. The molecule has 0 aromatic heterocycles. The van der Waals surface area contributed by atoms with Gasteiger partial charge >= 0.3 is 0 Å². The molecule has 150 valence electrons. The fourth-order valence-electron chi connectivity index (χ4n) is 4.90. The molecule has 0 N–H and O–H groups in total. The quantitative estimate of drug-likeness (QED) is 0.588. The smallest absolute Gasteiger partial charge is 0.240 e. The molecule has 3 aliphatic rings. The van der Waals surface area contributed by atoms with Crippen LogP contribution in [-0.4, -0.2) is 40.9 Å². The Hall–Kier alpha value is -3.54. The minimum atomic E-state index is -0.809. The number of carbonyl (C=O) groups excluding carboxylic acids is 3. The van der Waals surface area contributed by atoms with E-state index in [1.807, 2.05) is 44.2 Å². The molecular formula is C24H21N3O3. The van der Waals surface area contributed by atoms with E-state index in [2.05, 4.69) is 5.10 Å². The van der Waals surface area contributed by atoms with Gasteiger partial charge in [0.15, 0.2) is 5.78 Å². The second-order valence-corrected chi connectivity index (χ2v) is 8.05. The third-order valence-corrected chi connectivity index (χ3v) is 6.21. The summed E-state index contributed by atoms with van der Waals surface area (Å²) in [5.41, 5.74) is 3.02. The van der Waals surface area contributed by atoms with Crippen molar-refractivity contribution >= 4 is 29.5 Å². The van der Waals surface area contributed by atoms with E-state index in [9.17, 15) is 14.4 Å². The molecule has 2 amide bonds. The van der Waals surface area contributed by atoms with Crippen LogP contribution >= 0.6 is 0 Å². The van der Waals surface area contributed by atoms with Crippen molar-refractivity contribution in [3.63, 3.8) is 0 Å². The fourth-order valence-corrected chi connectivity index (χ4v) is 4.90. The Morgan fingerprint density at radius 3 is 2.43 bits per heavy atom. The molecule has 3 heterocycles. The Bertz CT molecular complexity index is 1120. The largest absolute Gasteiger partial charge is 0.292 e. The number of Topliss-reactive ketones (excluding diaryl/α,β-unsaturated/α-hetero) is 1. The summed E-state index contributed by atoms with van der Waals surface area (Å²) in [4.78, 5) is 41.8. The summed E-state index contributed by atoms with van der Waals surface area (Å²) in [5.74, 6) is -2.19. The maximum absolute atomic E-state index is 13.6. The summed E-state index contributed by atoms with van der Waals surface area (Å²) >= 11 is 0. The van der Waals surface area contributed by atoms with E-state index in [0.717, 1.165) is 11.1 Å². The number of hydrazone groups is 1. The van der Waals surface area contributed by atoms with Crippen LogP contribution < -0.4 is 4.90 Å². The lowest BCUT2D eigenvalue weighted by Crippen LogP contribution is -2.46. The monoisotopic (exact) mass is 399 g/mol. The van der Waals surface area contributed by atoms with Crippen LogP contribution in [0.4, 0.5) is 5.69 Å². The van der Waals surface area contributed by atoms with Crippen LogP contribution in [0.15, 0.2) is 65.8 Å². The highest BCUT2D eigenvalue weighted by Gasteiger charge is 2.64. The molecule has 30 heavy (non-hydrogen) atoms. The Kier molecular flexibility index (Phi) is 4.17. The van der Waals surface area contributed by atoms with Gasteiger partial charge in [0.25, 0.3) is 0 Å². The zero-order valence-electron chi connectivity index (χ0n) is 16.7. The molecule has 0 radical (unpaired) electrons. The first-order valence-corrected chi connectivity index (χ1v) is 10.0. The number of anilines is 1. The van der Waals surface area contributed by atoms with Gasteiger partial charge in [0, 0.05) is 11.8 Å². The Morgan fingerprint density at radius 1 is 0.967 bits per heavy atom. The first-order valence-electron chi connectivity index (χ1n) is 10.0. The maximum Gasteiger partial charge on any atom is 0.240 e. The van der Waals surface area contributed by atoms with Crippen molar-refractivity contribution in [3.8, 4) is 0 Å². The van der Waals surface area contributed by atoms with E-state index >= 15 is 0 Å². The molecule has 0 aliphatic carbocycles. The summed E-state index contributed by atoms with van der Waals surface area (Å²) in [7, 11) is 0. The standard InChI is InChI=1S/C24H21N3O3/c1-14-10-11-17(15(2)13-14)26-23(29)19-18-9-6-12-25-27(18)21(20(19)24(26)30)22(28)16-7-4-3-5-8-16/h3-13,18-21H,1-2H3. The number of fused-ring (bicyclic) bond motifs is 3. The van der Waals surface area contributed by atoms with Gasteiger partial charge in [0.05, 0.1) is 23.6 Å². The molecule has 4 unspecified atom stereocenters.